The minimum atomic E-state index is -3.70. The van der Waals surface area contributed by atoms with E-state index in [1.54, 1.807) is 0 Å². The second kappa shape index (κ2) is 5.13. The Labute approximate surface area is 111 Å². The first-order valence-electron chi connectivity index (χ1n) is 5.56. The summed E-state index contributed by atoms with van der Waals surface area (Å²) < 4.78 is 39.1. The topological polar surface area (TPSA) is 49.4 Å². The van der Waals surface area contributed by atoms with Crippen molar-refractivity contribution in [2.24, 2.45) is 0 Å². The van der Waals surface area contributed by atoms with Gasteiger partial charge in [0.05, 0.1) is 4.90 Å². The van der Waals surface area contributed by atoms with Crippen LogP contribution < -0.4 is 5.32 Å². The van der Waals surface area contributed by atoms with Crippen LogP contribution >= 0.6 is 11.6 Å². The Morgan fingerprint density at radius 2 is 2.17 bits per heavy atom. The predicted molar refractivity (Wildman–Crippen MR) is 67.6 cm³/mol. The molecule has 0 bridgehead atoms. The molecule has 1 heterocycles. The van der Waals surface area contributed by atoms with Gasteiger partial charge < -0.3 is 5.32 Å². The van der Waals surface area contributed by atoms with Crippen LogP contribution in [0.3, 0.4) is 0 Å². The summed E-state index contributed by atoms with van der Waals surface area (Å²) in [6, 6.07) is 3.23. The monoisotopic (exact) mass is 292 g/mol. The van der Waals surface area contributed by atoms with Gasteiger partial charge in [0.1, 0.15) is 5.82 Å². The summed E-state index contributed by atoms with van der Waals surface area (Å²) in [7, 11) is -2.19. The number of nitrogens with zero attached hydrogens (tertiary/aromatic N) is 1. The number of likely N-dealkylation sites (N-methyl/N-ethyl adjacent to an activating group) is 1. The van der Waals surface area contributed by atoms with Gasteiger partial charge in [-0.3, -0.25) is 0 Å². The van der Waals surface area contributed by atoms with E-state index in [1.165, 1.54) is 17.4 Å². The fraction of sp³-hybridized carbons (Fsp3) is 0.455. The molecule has 0 amide bonds. The lowest BCUT2D eigenvalue weighted by atomic mass is 10.3. The van der Waals surface area contributed by atoms with Crippen LogP contribution in [0.1, 0.15) is 6.42 Å². The van der Waals surface area contributed by atoms with E-state index in [-0.39, 0.29) is 16.0 Å². The van der Waals surface area contributed by atoms with Gasteiger partial charge in [-0.15, -0.1) is 0 Å². The first kappa shape index (κ1) is 13.7. The molecule has 1 unspecified atom stereocenters. The van der Waals surface area contributed by atoms with Crippen LogP contribution in [0.2, 0.25) is 5.02 Å². The second-order valence-corrected chi connectivity index (χ2v) is 6.71. The highest BCUT2D eigenvalue weighted by molar-refractivity contribution is 7.89. The largest absolute Gasteiger partial charge is 0.315 e. The smallest absolute Gasteiger partial charge is 0.243 e. The van der Waals surface area contributed by atoms with Crippen molar-refractivity contribution >= 4 is 21.6 Å². The quantitative estimate of drug-likeness (QED) is 0.918. The van der Waals surface area contributed by atoms with Crippen molar-refractivity contribution in [3.63, 3.8) is 0 Å². The van der Waals surface area contributed by atoms with Gasteiger partial charge >= 0.3 is 0 Å². The zero-order valence-electron chi connectivity index (χ0n) is 9.86. The molecule has 1 aliphatic heterocycles. The Kier molecular flexibility index (Phi) is 3.91. The molecule has 2 rings (SSSR count). The third-order valence-electron chi connectivity index (χ3n) is 3.06. The molecule has 0 radical (unpaired) electrons. The third-order valence-corrected chi connectivity index (χ3v) is 5.17. The summed E-state index contributed by atoms with van der Waals surface area (Å²) in [4.78, 5) is -0.109. The van der Waals surface area contributed by atoms with Crippen LogP contribution in [-0.4, -0.2) is 38.9 Å². The number of sulfonamides is 1. The second-order valence-electron chi connectivity index (χ2n) is 4.27. The molecule has 1 aromatic rings. The highest BCUT2D eigenvalue weighted by Gasteiger charge is 2.30. The van der Waals surface area contributed by atoms with E-state index in [9.17, 15) is 12.8 Å². The number of hydrogen-bond acceptors (Lipinski definition) is 3. The van der Waals surface area contributed by atoms with Crippen LogP contribution in [0.25, 0.3) is 0 Å². The number of hydrogen-bond donors (Lipinski definition) is 1. The van der Waals surface area contributed by atoms with Crippen molar-refractivity contribution in [2.45, 2.75) is 17.4 Å². The standard InChI is InChI=1S/C11H14ClFN2O2S/c1-15(10-2-3-14-7-10)18(16,17)11-5-8(12)4-9(13)6-11/h4-6,10,14H,2-3,7H2,1H3. The van der Waals surface area contributed by atoms with Crippen LogP contribution in [0.15, 0.2) is 23.1 Å². The summed E-state index contributed by atoms with van der Waals surface area (Å²) in [5, 5.41) is 3.17. The SMILES string of the molecule is CN(C1CCNC1)S(=O)(=O)c1cc(F)cc(Cl)c1. The van der Waals surface area contributed by atoms with E-state index in [4.69, 9.17) is 11.6 Å². The van der Waals surface area contributed by atoms with Gasteiger partial charge in [0.2, 0.25) is 10.0 Å². The van der Waals surface area contributed by atoms with Crippen molar-refractivity contribution in [3.8, 4) is 0 Å². The molecule has 1 saturated heterocycles. The Balaban J connectivity index is 2.34. The fourth-order valence-electron chi connectivity index (χ4n) is 1.99. The first-order chi connectivity index (χ1) is 8.41. The molecule has 0 aliphatic carbocycles. The first-order valence-corrected chi connectivity index (χ1v) is 7.38. The number of halogens is 2. The van der Waals surface area contributed by atoms with Gasteiger partial charge in [-0.05, 0) is 31.2 Å². The molecule has 1 aliphatic rings. The van der Waals surface area contributed by atoms with Gasteiger partial charge in [-0.25, -0.2) is 12.8 Å². The highest BCUT2D eigenvalue weighted by atomic mass is 35.5. The van der Waals surface area contributed by atoms with E-state index >= 15 is 0 Å². The van der Waals surface area contributed by atoms with Gasteiger partial charge in [-0.1, -0.05) is 11.6 Å². The molecule has 1 N–H and O–H groups in total. The van der Waals surface area contributed by atoms with E-state index in [0.717, 1.165) is 25.1 Å². The minimum absolute atomic E-state index is 0.0755. The van der Waals surface area contributed by atoms with Gasteiger partial charge in [0.15, 0.2) is 0 Å². The molecule has 0 spiro atoms. The lowest BCUT2D eigenvalue weighted by Gasteiger charge is -2.23. The van der Waals surface area contributed by atoms with E-state index in [2.05, 4.69) is 5.32 Å². The fourth-order valence-corrected chi connectivity index (χ4v) is 3.72. The van der Waals surface area contributed by atoms with Crippen LogP contribution in [0.4, 0.5) is 4.39 Å². The molecule has 0 aromatic heterocycles. The lowest BCUT2D eigenvalue weighted by Crippen LogP contribution is -2.38. The molecule has 1 aromatic carbocycles. The number of benzene rings is 1. The van der Waals surface area contributed by atoms with Crippen molar-refractivity contribution < 1.29 is 12.8 Å². The maximum Gasteiger partial charge on any atom is 0.243 e. The number of nitrogens with one attached hydrogen (secondary N) is 1. The molecule has 0 saturated carbocycles. The molecular formula is C11H14ClFN2O2S. The molecule has 7 heteroatoms. The van der Waals surface area contributed by atoms with Crippen molar-refractivity contribution in [3.05, 3.63) is 29.0 Å². The zero-order valence-corrected chi connectivity index (χ0v) is 11.4. The van der Waals surface area contributed by atoms with Crippen molar-refractivity contribution in [1.82, 2.24) is 9.62 Å². The Morgan fingerprint density at radius 3 is 2.72 bits per heavy atom. The van der Waals surface area contributed by atoms with E-state index in [0.29, 0.717) is 6.54 Å². The van der Waals surface area contributed by atoms with Crippen LogP contribution in [0, 0.1) is 5.82 Å². The Bertz CT molecular complexity index is 524. The maximum atomic E-state index is 13.2. The Hall–Kier alpha value is -0.690. The maximum absolute atomic E-state index is 13.2. The molecular weight excluding hydrogens is 279 g/mol. The van der Waals surface area contributed by atoms with Crippen molar-refractivity contribution in [1.29, 1.82) is 0 Å². The molecule has 4 nitrogen and oxygen atoms in total. The molecule has 1 fully saturated rings. The van der Waals surface area contributed by atoms with Gasteiger partial charge in [0.25, 0.3) is 0 Å². The lowest BCUT2D eigenvalue weighted by molar-refractivity contribution is 0.387. The van der Waals surface area contributed by atoms with E-state index < -0.39 is 15.8 Å². The van der Waals surface area contributed by atoms with Crippen LogP contribution in [-0.2, 0) is 10.0 Å². The molecule has 1 atom stereocenters. The average molecular weight is 293 g/mol. The van der Waals surface area contributed by atoms with Gasteiger partial charge in [-0.2, -0.15) is 4.31 Å². The van der Waals surface area contributed by atoms with Crippen molar-refractivity contribution in [2.75, 3.05) is 20.1 Å². The normalized spacial score (nSPS) is 20.6. The average Bonchev–Trinajstić information content (AvgIpc) is 2.79. The third kappa shape index (κ3) is 2.66. The summed E-state index contributed by atoms with van der Waals surface area (Å²) in [6.07, 6.45) is 0.749. The predicted octanol–water partition coefficient (Wildman–Crippen LogP) is 1.46. The van der Waals surface area contributed by atoms with Gasteiger partial charge in [0, 0.05) is 24.7 Å². The van der Waals surface area contributed by atoms with E-state index in [1.807, 2.05) is 0 Å². The highest BCUT2D eigenvalue weighted by Crippen LogP contribution is 2.23. The molecule has 18 heavy (non-hydrogen) atoms. The summed E-state index contributed by atoms with van der Waals surface area (Å²) in [6.45, 7) is 1.40. The zero-order chi connectivity index (χ0) is 13.3. The number of rotatable bonds is 3. The van der Waals surface area contributed by atoms with Crippen LogP contribution in [0.5, 0.6) is 0 Å². The molecule has 100 valence electrons. The Morgan fingerprint density at radius 1 is 1.44 bits per heavy atom. The summed E-state index contributed by atoms with van der Waals surface area (Å²) in [5.41, 5.74) is 0. The summed E-state index contributed by atoms with van der Waals surface area (Å²) in [5.74, 6) is -0.654. The summed E-state index contributed by atoms with van der Waals surface area (Å²) >= 11 is 5.69. The minimum Gasteiger partial charge on any atom is -0.315 e.